The fourth-order valence-electron chi connectivity index (χ4n) is 5.13. The van der Waals surface area contributed by atoms with Gasteiger partial charge >= 0.3 is 0 Å². The van der Waals surface area contributed by atoms with E-state index in [-0.39, 0.29) is 11.2 Å². The Morgan fingerprint density at radius 1 is 0.947 bits per heavy atom. The molecule has 0 N–H and O–H groups in total. The zero-order valence-electron chi connectivity index (χ0n) is 13.4. The van der Waals surface area contributed by atoms with Gasteiger partial charge in [-0.25, -0.2) is 0 Å². The molecule has 0 saturated carbocycles. The largest absolute Gasteiger partial charge is 0.369 e. The number of allylic oxidation sites excluding steroid dienone is 1. The van der Waals surface area contributed by atoms with E-state index in [1.54, 1.807) is 11.1 Å². The van der Waals surface area contributed by atoms with Crippen LogP contribution in [0.25, 0.3) is 0 Å². The maximum atomic E-state index is 6.60. The molecule has 1 aliphatic heterocycles. The van der Waals surface area contributed by atoms with Gasteiger partial charge in [-0.2, -0.15) is 0 Å². The van der Waals surface area contributed by atoms with Crippen LogP contribution >= 0.6 is 0 Å². The smallest absolute Gasteiger partial charge is 0.0756 e. The van der Waals surface area contributed by atoms with Gasteiger partial charge in [-0.05, 0) is 64.2 Å². The van der Waals surface area contributed by atoms with Gasteiger partial charge in [-0.15, -0.1) is 0 Å². The van der Waals surface area contributed by atoms with Crippen LogP contribution in [-0.2, 0) is 4.74 Å². The van der Waals surface area contributed by atoms with Crippen molar-refractivity contribution in [2.45, 2.75) is 90.8 Å². The second-order valence-electron chi connectivity index (χ2n) is 8.40. The molecule has 0 aromatic carbocycles. The van der Waals surface area contributed by atoms with Crippen molar-refractivity contribution in [1.82, 2.24) is 0 Å². The lowest BCUT2D eigenvalue weighted by atomic mass is 9.59. The monoisotopic (exact) mass is 262 g/mol. The average Bonchev–Trinajstić information content (AvgIpc) is 2.60. The van der Waals surface area contributed by atoms with Crippen LogP contribution in [0.5, 0.6) is 0 Å². The second kappa shape index (κ2) is 4.10. The molecular weight excluding hydrogens is 232 g/mol. The van der Waals surface area contributed by atoms with Crippen LogP contribution in [0.1, 0.15) is 79.6 Å². The second-order valence-corrected chi connectivity index (χ2v) is 8.40. The summed E-state index contributed by atoms with van der Waals surface area (Å²) in [6, 6.07) is 0. The van der Waals surface area contributed by atoms with Crippen molar-refractivity contribution in [3.63, 3.8) is 0 Å². The zero-order chi connectivity index (χ0) is 13.9. The lowest BCUT2D eigenvalue weighted by Gasteiger charge is -2.49. The van der Waals surface area contributed by atoms with Crippen LogP contribution in [0.4, 0.5) is 0 Å². The fraction of sp³-hybridized carbons (Fsp3) is 0.889. The van der Waals surface area contributed by atoms with E-state index in [0.29, 0.717) is 11.3 Å². The molecule has 2 aliphatic carbocycles. The third kappa shape index (κ3) is 2.09. The summed E-state index contributed by atoms with van der Waals surface area (Å²) in [5.41, 5.74) is 4.18. The normalized spacial score (nSPS) is 40.6. The quantitative estimate of drug-likeness (QED) is 0.542. The lowest BCUT2D eigenvalue weighted by Crippen LogP contribution is -2.45. The predicted octanol–water partition coefficient (Wildman–Crippen LogP) is 5.25. The number of hydrogen-bond acceptors (Lipinski definition) is 1. The van der Waals surface area contributed by atoms with Crippen molar-refractivity contribution in [1.29, 1.82) is 0 Å². The predicted molar refractivity (Wildman–Crippen MR) is 80.2 cm³/mol. The molecule has 0 aromatic rings. The molecule has 3 rings (SSSR count). The highest BCUT2D eigenvalue weighted by Crippen LogP contribution is 2.57. The van der Waals surface area contributed by atoms with Crippen LogP contribution in [0.3, 0.4) is 0 Å². The van der Waals surface area contributed by atoms with Crippen LogP contribution in [0, 0.1) is 11.3 Å². The molecule has 0 aromatic heterocycles. The standard InChI is InChI=1S/C18H30O/c1-13-15-14(7-6-9-16(15,2)3)8-10-18(13)12-11-17(4,5)19-18/h13H,6-12H2,1-5H3/t13-,18+/m1/s1. The fourth-order valence-corrected chi connectivity index (χ4v) is 5.13. The summed E-state index contributed by atoms with van der Waals surface area (Å²) in [6.45, 7) is 11.9. The first-order chi connectivity index (χ1) is 8.76. The molecule has 1 heterocycles. The molecule has 1 spiro atoms. The molecule has 0 unspecified atom stereocenters. The average molecular weight is 262 g/mol. The minimum Gasteiger partial charge on any atom is -0.369 e. The van der Waals surface area contributed by atoms with E-state index in [4.69, 9.17) is 4.74 Å². The summed E-state index contributed by atoms with van der Waals surface area (Å²) in [4.78, 5) is 0. The third-order valence-electron chi connectivity index (χ3n) is 6.09. The summed E-state index contributed by atoms with van der Waals surface area (Å²) in [5.74, 6) is 0.619. The van der Waals surface area contributed by atoms with Crippen molar-refractivity contribution in [2.24, 2.45) is 11.3 Å². The number of rotatable bonds is 0. The van der Waals surface area contributed by atoms with Crippen molar-refractivity contribution >= 4 is 0 Å². The Morgan fingerprint density at radius 3 is 2.32 bits per heavy atom. The van der Waals surface area contributed by atoms with Gasteiger partial charge in [0.25, 0.3) is 0 Å². The maximum Gasteiger partial charge on any atom is 0.0756 e. The van der Waals surface area contributed by atoms with Crippen LogP contribution in [0.15, 0.2) is 11.1 Å². The summed E-state index contributed by atoms with van der Waals surface area (Å²) in [5, 5.41) is 0. The van der Waals surface area contributed by atoms with E-state index >= 15 is 0 Å². The Kier molecular flexibility index (Phi) is 2.95. The van der Waals surface area contributed by atoms with Crippen LogP contribution in [-0.4, -0.2) is 11.2 Å². The van der Waals surface area contributed by atoms with E-state index in [9.17, 15) is 0 Å². The Labute approximate surface area is 118 Å². The van der Waals surface area contributed by atoms with E-state index < -0.39 is 0 Å². The van der Waals surface area contributed by atoms with Gasteiger partial charge in [0.1, 0.15) is 0 Å². The first-order valence-corrected chi connectivity index (χ1v) is 8.18. The van der Waals surface area contributed by atoms with Gasteiger partial charge < -0.3 is 4.74 Å². The minimum atomic E-state index is 0.0884. The highest BCUT2D eigenvalue weighted by atomic mass is 16.5. The highest BCUT2D eigenvalue weighted by molar-refractivity contribution is 5.32. The molecule has 0 radical (unpaired) electrons. The Hall–Kier alpha value is -0.300. The van der Waals surface area contributed by atoms with Gasteiger partial charge in [0, 0.05) is 5.92 Å². The molecule has 0 bridgehead atoms. The molecule has 1 heteroatoms. The third-order valence-corrected chi connectivity index (χ3v) is 6.09. The van der Waals surface area contributed by atoms with Crippen molar-refractivity contribution in [3.05, 3.63) is 11.1 Å². The van der Waals surface area contributed by atoms with Crippen LogP contribution < -0.4 is 0 Å². The van der Waals surface area contributed by atoms with Gasteiger partial charge in [-0.3, -0.25) is 0 Å². The van der Waals surface area contributed by atoms with Crippen molar-refractivity contribution < 1.29 is 4.74 Å². The molecule has 0 amide bonds. The number of ether oxygens (including phenoxy) is 1. The summed E-state index contributed by atoms with van der Waals surface area (Å²) in [7, 11) is 0. The molecule has 1 nitrogen and oxygen atoms in total. The van der Waals surface area contributed by atoms with Gasteiger partial charge in [0.05, 0.1) is 11.2 Å². The molecule has 19 heavy (non-hydrogen) atoms. The highest BCUT2D eigenvalue weighted by Gasteiger charge is 2.53. The van der Waals surface area contributed by atoms with E-state index in [1.165, 1.54) is 44.9 Å². The zero-order valence-corrected chi connectivity index (χ0v) is 13.4. The maximum absolute atomic E-state index is 6.60. The SMILES string of the molecule is C[C@@H]1C2=C(CCCC2(C)C)CC[C@]12CCC(C)(C)O2. The minimum absolute atomic E-state index is 0.0884. The summed E-state index contributed by atoms with van der Waals surface area (Å²) < 4.78 is 6.60. The summed E-state index contributed by atoms with van der Waals surface area (Å²) in [6.07, 6.45) is 9.12. The topological polar surface area (TPSA) is 9.23 Å². The van der Waals surface area contributed by atoms with Crippen LogP contribution in [0.2, 0.25) is 0 Å². The molecule has 1 fully saturated rings. The van der Waals surface area contributed by atoms with Gasteiger partial charge in [0.15, 0.2) is 0 Å². The van der Waals surface area contributed by atoms with E-state index in [0.717, 1.165) is 0 Å². The molecular formula is C18H30O. The van der Waals surface area contributed by atoms with Gasteiger partial charge in [-0.1, -0.05) is 31.9 Å². The molecule has 108 valence electrons. The molecule has 3 aliphatic rings. The van der Waals surface area contributed by atoms with E-state index in [1.807, 2.05) is 0 Å². The number of hydrogen-bond donors (Lipinski definition) is 0. The Balaban J connectivity index is 1.97. The van der Waals surface area contributed by atoms with Gasteiger partial charge in [0.2, 0.25) is 0 Å². The molecule has 2 atom stereocenters. The van der Waals surface area contributed by atoms with Crippen molar-refractivity contribution in [2.75, 3.05) is 0 Å². The van der Waals surface area contributed by atoms with E-state index in [2.05, 4.69) is 34.6 Å². The Bertz CT molecular complexity index is 415. The Morgan fingerprint density at radius 2 is 1.68 bits per heavy atom. The lowest BCUT2D eigenvalue weighted by molar-refractivity contribution is -0.118. The first kappa shape index (κ1) is 13.7. The first-order valence-electron chi connectivity index (χ1n) is 8.18. The molecule has 1 saturated heterocycles. The van der Waals surface area contributed by atoms with Crippen molar-refractivity contribution in [3.8, 4) is 0 Å². The summed E-state index contributed by atoms with van der Waals surface area (Å²) >= 11 is 0.